The molecule has 0 aliphatic rings. The van der Waals surface area contributed by atoms with Gasteiger partial charge in [-0.05, 0) is 26.7 Å². The van der Waals surface area contributed by atoms with Gasteiger partial charge in [0.2, 0.25) is 0 Å². The molecule has 52 valence electrons. The maximum absolute atomic E-state index is 5.08. The summed E-state index contributed by atoms with van der Waals surface area (Å²) in [6, 6.07) is 0. The molecule has 0 aromatic carbocycles. The SMILES string of the molecule is CC(C)(C)OC#CCBr. The molecule has 0 aromatic heterocycles. The molecule has 0 saturated carbocycles. The van der Waals surface area contributed by atoms with Crippen LogP contribution in [0.25, 0.3) is 0 Å². The van der Waals surface area contributed by atoms with Gasteiger partial charge in [0.1, 0.15) is 11.7 Å². The summed E-state index contributed by atoms with van der Waals surface area (Å²) in [5.74, 6) is 2.75. The average Bonchev–Trinajstić information content (AvgIpc) is 1.63. The fourth-order valence-electron chi connectivity index (χ4n) is 0.216. The minimum absolute atomic E-state index is 0.144. The van der Waals surface area contributed by atoms with Gasteiger partial charge in [0.05, 0.1) is 5.33 Å². The third-order valence-electron chi connectivity index (χ3n) is 0.496. The molecule has 0 fully saturated rings. The second kappa shape index (κ2) is 3.79. The van der Waals surface area contributed by atoms with Crippen LogP contribution in [0, 0.1) is 12.0 Å². The van der Waals surface area contributed by atoms with Crippen LogP contribution < -0.4 is 0 Å². The van der Waals surface area contributed by atoms with Crippen LogP contribution in [0.3, 0.4) is 0 Å². The molecule has 9 heavy (non-hydrogen) atoms. The van der Waals surface area contributed by atoms with Crippen molar-refractivity contribution in [1.29, 1.82) is 0 Å². The first kappa shape index (κ1) is 8.84. The Morgan fingerprint density at radius 1 is 1.44 bits per heavy atom. The van der Waals surface area contributed by atoms with Crippen LogP contribution in [0.15, 0.2) is 0 Å². The standard InChI is InChI=1S/C7H11BrO/c1-7(2,3)9-6-4-5-8/h5H2,1-3H3. The molecular formula is C7H11BrO. The molecule has 0 aliphatic carbocycles. The monoisotopic (exact) mass is 190 g/mol. The molecule has 0 N–H and O–H groups in total. The summed E-state index contributed by atoms with van der Waals surface area (Å²) < 4.78 is 5.08. The van der Waals surface area contributed by atoms with Crippen LogP contribution in [0.4, 0.5) is 0 Å². The predicted octanol–water partition coefficient (Wildman–Crippen LogP) is 2.16. The van der Waals surface area contributed by atoms with Gasteiger partial charge in [-0.15, -0.1) is 0 Å². The lowest BCUT2D eigenvalue weighted by Crippen LogP contribution is -2.15. The van der Waals surface area contributed by atoms with E-state index >= 15 is 0 Å². The summed E-state index contributed by atoms with van der Waals surface area (Å²) >= 11 is 3.16. The van der Waals surface area contributed by atoms with Crippen molar-refractivity contribution in [1.82, 2.24) is 0 Å². The van der Waals surface area contributed by atoms with Crippen molar-refractivity contribution in [2.75, 3.05) is 5.33 Å². The summed E-state index contributed by atoms with van der Waals surface area (Å²) in [6.07, 6.45) is 2.58. The Morgan fingerprint density at radius 3 is 2.33 bits per heavy atom. The van der Waals surface area contributed by atoms with Gasteiger partial charge in [-0.25, -0.2) is 0 Å². The molecule has 0 amide bonds. The first-order valence-electron chi connectivity index (χ1n) is 2.78. The third-order valence-corrected chi connectivity index (χ3v) is 0.777. The first-order valence-corrected chi connectivity index (χ1v) is 3.90. The number of alkyl halides is 1. The maximum atomic E-state index is 5.08. The van der Waals surface area contributed by atoms with E-state index in [0.717, 1.165) is 0 Å². The number of ether oxygens (including phenoxy) is 1. The molecule has 0 unspecified atom stereocenters. The van der Waals surface area contributed by atoms with Crippen molar-refractivity contribution in [2.24, 2.45) is 0 Å². The Bertz CT molecular complexity index is 124. The van der Waals surface area contributed by atoms with Crippen LogP contribution in [0.5, 0.6) is 0 Å². The zero-order valence-electron chi connectivity index (χ0n) is 5.99. The van der Waals surface area contributed by atoms with E-state index in [2.05, 4.69) is 28.0 Å². The molecule has 0 spiro atoms. The summed E-state index contributed by atoms with van der Waals surface area (Å²) in [6.45, 7) is 5.90. The second-order valence-electron chi connectivity index (χ2n) is 2.63. The topological polar surface area (TPSA) is 9.23 Å². The molecule has 0 atom stereocenters. The normalized spacial score (nSPS) is 9.78. The largest absolute Gasteiger partial charge is 0.441 e. The Morgan fingerprint density at radius 2 is 2.00 bits per heavy atom. The molecule has 0 heterocycles. The van der Waals surface area contributed by atoms with Crippen LogP contribution >= 0.6 is 15.9 Å². The molecule has 0 bridgehead atoms. The summed E-state index contributed by atoms with van der Waals surface area (Å²) in [7, 11) is 0. The smallest absolute Gasteiger partial charge is 0.112 e. The molecular weight excluding hydrogens is 180 g/mol. The van der Waals surface area contributed by atoms with E-state index in [4.69, 9.17) is 4.74 Å². The van der Waals surface area contributed by atoms with Crippen LogP contribution in [-0.4, -0.2) is 10.9 Å². The highest BCUT2D eigenvalue weighted by Crippen LogP contribution is 2.04. The third kappa shape index (κ3) is 7.84. The van der Waals surface area contributed by atoms with Gasteiger partial charge >= 0.3 is 0 Å². The van der Waals surface area contributed by atoms with Gasteiger partial charge in [0, 0.05) is 0 Å². The van der Waals surface area contributed by atoms with E-state index < -0.39 is 0 Å². The zero-order chi connectivity index (χ0) is 7.33. The van der Waals surface area contributed by atoms with E-state index in [1.807, 2.05) is 20.8 Å². The second-order valence-corrected chi connectivity index (χ2v) is 3.19. The first-order chi connectivity index (χ1) is 4.06. The average molecular weight is 191 g/mol. The number of rotatable bonds is 0. The molecule has 0 aliphatic heterocycles. The van der Waals surface area contributed by atoms with E-state index in [9.17, 15) is 0 Å². The number of halogens is 1. The van der Waals surface area contributed by atoms with E-state index in [1.54, 1.807) is 0 Å². The molecule has 1 nitrogen and oxygen atoms in total. The summed E-state index contributed by atoms with van der Waals surface area (Å²) in [5, 5.41) is 0.670. The van der Waals surface area contributed by atoms with Crippen molar-refractivity contribution in [3.05, 3.63) is 0 Å². The van der Waals surface area contributed by atoms with Gasteiger partial charge < -0.3 is 4.74 Å². The van der Waals surface area contributed by atoms with Crippen LogP contribution in [0.1, 0.15) is 20.8 Å². The zero-order valence-corrected chi connectivity index (χ0v) is 7.58. The van der Waals surface area contributed by atoms with Gasteiger partial charge in [0.25, 0.3) is 0 Å². The fourth-order valence-corrected chi connectivity index (χ4v) is 0.331. The molecule has 0 saturated heterocycles. The minimum Gasteiger partial charge on any atom is -0.441 e. The molecule has 2 heteroatoms. The molecule has 0 rings (SSSR count). The van der Waals surface area contributed by atoms with E-state index in [0.29, 0.717) is 5.33 Å². The van der Waals surface area contributed by atoms with E-state index in [-0.39, 0.29) is 5.60 Å². The highest BCUT2D eigenvalue weighted by Gasteiger charge is 2.07. The minimum atomic E-state index is -0.144. The van der Waals surface area contributed by atoms with Crippen molar-refractivity contribution >= 4 is 15.9 Å². The highest BCUT2D eigenvalue weighted by molar-refractivity contribution is 9.09. The Balaban J connectivity index is 3.50. The van der Waals surface area contributed by atoms with E-state index in [1.165, 1.54) is 0 Å². The van der Waals surface area contributed by atoms with Crippen LogP contribution in [0.2, 0.25) is 0 Å². The predicted molar refractivity (Wildman–Crippen MR) is 42.4 cm³/mol. The van der Waals surface area contributed by atoms with Gasteiger partial charge in [0.15, 0.2) is 0 Å². The Kier molecular flexibility index (Phi) is 3.72. The van der Waals surface area contributed by atoms with Gasteiger partial charge in [-0.2, -0.15) is 0 Å². The lowest BCUT2D eigenvalue weighted by Gasteiger charge is -2.14. The summed E-state index contributed by atoms with van der Waals surface area (Å²) in [4.78, 5) is 0. The lowest BCUT2D eigenvalue weighted by molar-refractivity contribution is 0.0962. The van der Waals surface area contributed by atoms with Gasteiger partial charge in [-0.3, -0.25) is 0 Å². The quantitative estimate of drug-likeness (QED) is 0.421. The van der Waals surface area contributed by atoms with Crippen molar-refractivity contribution in [3.63, 3.8) is 0 Å². The summed E-state index contributed by atoms with van der Waals surface area (Å²) in [5.41, 5.74) is -0.144. The Labute approximate surface area is 64.9 Å². The van der Waals surface area contributed by atoms with Crippen molar-refractivity contribution < 1.29 is 4.74 Å². The van der Waals surface area contributed by atoms with Crippen molar-refractivity contribution in [2.45, 2.75) is 26.4 Å². The fraction of sp³-hybridized carbons (Fsp3) is 0.714. The number of hydrogen-bond donors (Lipinski definition) is 0. The van der Waals surface area contributed by atoms with Gasteiger partial charge in [-0.1, -0.05) is 15.9 Å². The van der Waals surface area contributed by atoms with Crippen molar-refractivity contribution in [3.8, 4) is 12.0 Å². The highest BCUT2D eigenvalue weighted by atomic mass is 79.9. The lowest BCUT2D eigenvalue weighted by atomic mass is 10.2. The Hall–Kier alpha value is -0.160. The molecule has 0 radical (unpaired) electrons. The number of hydrogen-bond acceptors (Lipinski definition) is 1. The van der Waals surface area contributed by atoms with Crippen LogP contribution in [-0.2, 0) is 4.74 Å². The maximum Gasteiger partial charge on any atom is 0.112 e. The molecule has 0 aromatic rings.